The summed E-state index contributed by atoms with van der Waals surface area (Å²) >= 11 is 9.98. The van der Waals surface area contributed by atoms with Crippen molar-refractivity contribution >= 4 is 44.9 Å². The summed E-state index contributed by atoms with van der Waals surface area (Å²) in [5.74, 6) is 1.86. The van der Waals surface area contributed by atoms with Crippen molar-refractivity contribution in [1.82, 2.24) is 24.7 Å². The topological polar surface area (TPSA) is 88.6 Å². The van der Waals surface area contributed by atoms with Crippen LogP contribution >= 0.6 is 27.5 Å². The minimum absolute atomic E-state index is 0.00396. The molecule has 1 fully saturated rings. The van der Waals surface area contributed by atoms with Gasteiger partial charge in [0.05, 0.1) is 22.1 Å². The molecule has 1 N–H and O–H groups in total. The maximum atomic E-state index is 12.9. The Kier molecular flexibility index (Phi) is 6.31. The number of amides is 1. The Balaban J connectivity index is 1.29. The van der Waals surface area contributed by atoms with Crippen molar-refractivity contribution in [3.8, 4) is 11.3 Å². The van der Waals surface area contributed by atoms with Gasteiger partial charge >= 0.3 is 0 Å². The lowest BCUT2D eigenvalue weighted by molar-refractivity contribution is 0.0692. The SMILES string of the molecule is Cc1noc(C)c1C(=O)N1CCC(CNc2cc(-c3ccccc3Cl)nc3c(Br)cnn23)CC1. The Hall–Kier alpha value is -2.91. The summed E-state index contributed by atoms with van der Waals surface area (Å²) < 4.78 is 7.78. The number of hydrogen-bond donors (Lipinski definition) is 1. The number of nitrogens with one attached hydrogen (secondary N) is 1. The summed E-state index contributed by atoms with van der Waals surface area (Å²) in [5.41, 5.74) is 3.61. The highest BCUT2D eigenvalue weighted by molar-refractivity contribution is 9.10. The van der Waals surface area contributed by atoms with Crippen molar-refractivity contribution in [1.29, 1.82) is 0 Å². The van der Waals surface area contributed by atoms with Gasteiger partial charge in [0.25, 0.3) is 5.91 Å². The number of aromatic nitrogens is 4. The van der Waals surface area contributed by atoms with E-state index in [1.165, 1.54) is 0 Å². The molecule has 1 aromatic carbocycles. The molecular formula is C24H24BrClN6O2. The number of halogens is 2. The number of aryl methyl sites for hydroxylation is 2. The average molecular weight is 544 g/mol. The van der Waals surface area contributed by atoms with Crippen molar-refractivity contribution in [2.75, 3.05) is 25.0 Å². The molecular weight excluding hydrogens is 520 g/mol. The summed E-state index contributed by atoms with van der Waals surface area (Å²) in [7, 11) is 0. The first-order valence-electron chi connectivity index (χ1n) is 11.2. The van der Waals surface area contributed by atoms with Gasteiger partial charge in [-0.3, -0.25) is 4.79 Å². The van der Waals surface area contributed by atoms with E-state index >= 15 is 0 Å². The number of nitrogens with zero attached hydrogens (tertiary/aromatic N) is 5. The second-order valence-electron chi connectivity index (χ2n) is 8.55. The van der Waals surface area contributed by atoms with Crippen LogP contribution in [0, 0.1) is 19.8 Å². The molecule has 0 saturated carbocycles. The third-order valence-corrected chi connectivity index (χ3v) is 7.19. The van der Waals surface area contributed by atoms with Gasteiger partial charge in [-0.15, -0.1) is 0 Å². The molecule has 34 heavy (non-hydrogen) atoms. The molecule has 0 unspecified atom stereocenters. The lowest BCUT2D eigenvalue weighted by Gasteiger charge is -2.32. The quantitative estimate of drug-likeness (QED) is 0.363. The molecule has 176 valence electrons. The van der Waals surface area contributed by atoms with Crippen LogP contribution in [-0.4, -0.2) is 50.2 Å². The molecule has 0 atom stereocenters. The Morgan fingerprint density at radius 3 is 2.74 bits per heavy atom. The molecule has 4 heterocycles. The number of benzene rings is 1. The van der Waals surface area contributed by atoms with Gasteiger partial charge in [0.15, 0.2) is 5.65 Å². The van der Waals surface area contributed by atoms with Crippen LogP contribution in [0.1, 0.15) is 34.7 Å². The first kappa shape index (κ1) is 22.9. The number of carbonyl (C=O) groups is 1. The first-order chi connectivity index (χ1) is 16.4. The third-order valence-electron chi connectivity index (χ3n) is 6.30. The fourth-order valence-corrected chi connectivity index (χ4v) is 4.99. The zero-order chi connectivity index (χ0) is 23.8. The smallest absolute Gasteiger partial charge is 0.259 e. The maximum absolute atomic E-state index is 12.9. The number of rotatable bonds is 5. The van der Waals surface area contributed by atoms with Gasteiger partial charge in [0.1, 0.15) is 17.1 Å². The third kappa shape index (κ3) is 4.30. The number of anilines is 1. The Bertz CT molecular complexity index is 1340. The van der Waals surface area contributed by atoms with Crippen LogP contribution in [0.25, 0.3) is 16.9 Å². The second-order valence-corrected chi connectivity index (χ2v) is 9.81. The van der Waals surface area contributed by atoms with Crippen LogP contribution in [0.5, 0.6) is 0 Å². The zero-order valence-electron chi connectivity index (χ0n) is 18.9. The molecule has 1 amide bonds. The van der Waals surface area contributed by atoms with Crippen LogP contribution in [0.2, 0.25) is 5.02 Å². The minimum Gasteiger partial charge on any atom is -0.370 e. The van der Waals surface area contributed by atoms with Gasteiger partial charge in [0.2, 0.25) is 0 Å². The van der Waals surface area contributed by atoms with Crippen LogP contribution < -0.4 is 5.32 Å². The van der Waals surface area contributed by atoms with Crippen molar-refractivity contribution in [2.24, 2.45) is 5.92 Å². The Labute approximate surface area is 210 Å². The van der Waals surface area contributed by atoms with Crippen molar-refractivity contribution in [3.05, 3.63) is 63.0 Å². The summed E-state index contributed by atoms with van der Waals surface area (Å²) in [6.45, 7) is 5.77. The lowest BCUT2D eigenvalue weighted by Crippen LogP contribution is -2.40. The summed E-state index contributed by atoms with van der Waals surface area (Å²) in [6, 6.07) is 9.65. The minimum atomic E-state index is 0.00396. The van der Waals surface area contributed by atoms with Crippen LogP contribution in [-0.2, 0) is 0 Å². The average Bonchev–Trinajstić information content (AvgIpc) is 3.39. The van der Waals surface area contributed by atoms with E-state index in [0.29, 0.717) is 41.0 Å². The van der Waals surface area contributed by atoms with Crippen molar-refractivity contribution in [2.45, 2.75) is 26.7 Å². The highest BCUT2D eigenvalue weighted by atomic mass is 79.9. The normalized spacial score (nSPS) is 14.6. The van der Waals surface area contributed by atoms with Crippen LogP contribution in [0.15, 0.2) is 45.5 Å². The predicted octanol–water partition coefficient (Wildman–Crippen LogP) is 5.38. The molecule has 0 spiro atoms. The highest BCUT2D eigenvalue weighted by Crippen LogP contribution is 2.31. The van der Waals surface area contributed by atoms with E-state index in [-0.39, 0.29) is 5.91 Å². The molecule has 8 nitrogen and oxygen atoms in total. The predicted molar refractivity (Wildman–Crippen MR) is 134 cm³/mol. The molecule has 0 aliphatic carbocycles. The number of fused-ring (bicyclic) bond motifs is 1. The van der Waals surface area contributed by atoms with Crippen LogP contribution in [0.4, 0.5) is 5.82 Å². The summed E-state index contributed by atoms with van der Waals surface area (Å²) in [4.78, 5) is 19.6. The van der Waals surface area contributed by atoms with Crippen molar-refractivity contribution < 1.29 is 9.32 Å². The number of likely N-dealkylation sites (tertiary alicyclic amines) is 1. The number of hydrogen-bond acceptors (Lipinski definition) is 6. The Morgan fingerprint density at radius 2 is 2.03 bits per heavy atom. The molecule has 1 aliphatic rings. The van der Waals surface area contributed by atoms with Gasteiger partial charge < -0.3 is 14.7 Å². The van der Waals surface area contributed by atoms with Gasteiger partial charge in [-0.1, -0.05) is 35.0 Å². The van der Waals surface area contributed by atoms with Gasteiger partial charge in [-0.05, 0) is 54.6 Å². The molecule has 1 aliphatic heterocycles. The fourth-order valence-electron chi connectivity index (χ4n) is 4.40. The molecule has 10 heteroatoms. The standard InChI is InChI=1S/C24H24BrClN6O2/c1-14-22(15(2)34-30-14)24(33)31-9-7-16(8-10-31)12-27-21-11-20(17-5-3-4-6-19(17)26)29-23-18(25)13-28-32(21)23/h3-6,11,13,16,27H,7-10,12H2,1-2H3. The molecule has 1 saturated heterocycles. The summed E-state index contributed by atoms with van der Waals surface area (Å²) in [6.07, 6.45) is 3.57. The lowest BCUT2D eigenvalue weighted by atomic mass is 9.96. The monoisotopic (exact) mass is 542 g/mol. The van der Waals surface area contributed by atoms with E-state index in [0.717, 1.165) is 46.6 Å². The molecule has 5 rings (SSSR count). The van der Waals surface area contributed by atoms with Gasteiger partial charge in [0, 0.05) is 36.3 Å². The van der Waals surface area contributed by atoms with E-state index in [4.69, 9.17) is 21.1 Å². The van der Waals surface area contributed by atoms with E-state index < -0.39 is 0 Å². The van der Waals surface area contributed by atoms with E-state index in [2.05, 4.69) is 31.5 Å². The van der Waals surface area contributed by atoms with E-state index in [9.17, 15) is 4.79 Å². The highest BCUT2D eigenvalue weighted by Gasteiger charge is 2.27. The zero-order valence-corrected chi connectivity index (χ0v) is 21.2. The van der Waals surface area contributed by atoms with E-state index in [1.807, 2.05) is 35.2 Å². The van der Waals surface area contributed by atoms with Crippen LogP contribution in [0.3, 0.4) is 0 Å². The summed E-state index contributed by atoms with van der Waals surface area (Å²) in [5, 5.41) is 12.6. The number of piperidine rings is 1. The maximum Gasteiger partial charge on any atom is 0.259 e. The molecule has 0 radical (unpaired) electrons. The van der Waals surface area contributed by atoms with E-state index in [1.54, 1.807) is 24.6 Å². The fraction of sp³-hybridized carbons (Fsp3) is 0.333. The van der Waals surface area contributed by atoms with Crippen molar-refractivity contribution in [3.63, 3.8) is 0 Å². The molecule has 3 aromatic heterocycles. The second kappa shape index (κ2) is 9.38. The van der Waals surface area contributed by atoms with Gasteiger partial charge in [-0.25, -0.2) is 4.98 Å². The molecule has 0 bridgehead atoms. The largest absolute Gasteiger partial charge is 0.370 e. The first-order valence-corrected chi connectivity index (χ1v) is 12.3. The Morgan fingerprint density at radius 1 is 1.26 bits per heavy atom. The number of carbonyl (C=O) groups excluding carboxylic acids is 1. The van der Waals surface area contributed by atoms with Gasteiger partial charge in [-0.2, -0.15) is 9.61 Å². The molecule has 4 aromatic rings.